The van der Waals surface area contributed by atoms with Crippen molar-refractivity contribution in [2.45, 2.75) is 66.7 Å². The van der Waals surface area contributed by atoms with Crippen molar-refractivity contribution in [2.24, 2.45) is 0 Å². The molecule has 0 amide bonds. The highest BCUT2D eigenvalue weighted by atomic mass is 13.9. The molecule has 0 radical (unpaired) electrons. The lowest BCUT2D eigenvalue weighted by Gasteiger charge is -1.96. The van der Waals surface area contributed by atoms with Crippen molar-refractivity contribution in [3.05, 3.63) is 54.1 Å². The SMILES string of the molecule is C=C/C=C/c1ccccc1C.CC.CCCCCCC. The third kappa shape index (κ3) is 13.1. The molecular weight excluding hydrogens is 240 g/mol. The maximum Gasteiger partial charge on any atom is -0.0227 e. The van der Waals surface area contributed by atoms with Gasteiger partial charge >= 0.3 is 0 Å². The first-order valence-electron chi connectivity index (χ1n) is 8.11. The standard InChI is InChI=1S/C11H12.C7H16.C2H6/c1-3-4-8-11-9-6-5-7-10(11)2;1-3-5-7-6-4-2;1-2/h3-9H,1H2,2H3;3-7H2,1-2H3;1-2H3/b8-4+;;. The topological polar surface area (TPSA) is 0 Å². The van der Waals surface area contributed by atoms with E-state index in [-0.39, 0.29) is 0 Å². The zero-order chi connectivity index (χ0) is 15.6. The largest absolute Gasteiger partial charge is 0.0991 e. The van der Waals surface area contributed by atoms with Crippen LogP contribution in [0, 0.1) is 6.92 Å². The van der Waals surface area contributed by atoms with Crippen LogP contribution in [0.2, 0.25) is 0 Å². The number of unbranched alkanes of at least 4 members (excludes halogenated alkanes) is 4. The van der Waals surface area contributed by atoms with Crippen LogP contribution in [0.5, 0.6) is 0 Å². The molecule has 0 saturated carbocycles. The van der Waals surface area contributed by atoms with Gasteiger partial charge in [0, 0.05) is 0 Å². The van der Waals surface area contributed by atoms with Crippen molar-refractivity contribution >= 4 is 6.08 Å². The van der Waals surface area contributed by atoms with E-state index in [1.54, 1.807) is 6.08 Å². The van der Waals surface area contributed by atoms with Gasteiger partial charge in [-0.3, -0.25) is 0 Å². The van der Waals surface area contributed by atoms with Crippen LogP contribution in [0.1, 0.15) is 70.9 Å². The smallest absolute Gasteiger partial charge is 0.0227 e. The Hall–Kier alpha value is -1.30. The fourth-order valence-electron chi connectivity index (χ4n) is 1.62. The van der Waals surface area contributed by atoms with Crippen LogP contribution in [0.4, 0.5) is 0 Å². The Morgan fingerprint density at radius 3 is 1.95 bits per heavy atom. The number of hydrogen-bond acceptors (Lipinski definition) is 0. The molecule has 0 spiro atoms. The van der Waals surface area contributed by atoms with Gasteiger partial charge in [0.2, 0.25) is 0 Å². The summed E-state index contributed by atoms with van der Waals surface area (Å²) in [6, 6.07) is 8.27. The van der Waals surface area contributed by atoms with Crippen molar-refractivity contribution in [1.82, 2.24) is 0 Å². The second-order valence-electron chi connectivity index (χ2n) is 4.51. The van der Waals surface area contributed by atoms with E-state index in [4.69, 9.17) is 0 Å². The van der Waals surface area contributed by atoms with Gasteiger partial charge in [0.05, 0.1) is 0 Å². The molecule has 114 valence electrons. The summed E-state index contributed by atoms with van der Waals surface area (Å²) >= 11 is 0. The summed E-state index contributed by atoms with van der Waals surface area (Å²) in [5.41, 5.74) is 2.55. The number of aryl methyl sites for hydroxylation is 1. The summed E-state index contributed by atoms with van der Waals surface area (Å²) in [6.07, 6.45) is 12.8. The van der Waals surface area contributed by atoms with Gasteiger partial charge in [-0.05, 0) is 18.1 Å². The molecule has 1 aromatic rings. The van der Waals surface area contributed by atoms with Crippen LogP contribution in [0.3, 0.4) is 0 Å². The van der Waals surface area contributed by atoms with E-state index >= 15 is 0 Å². The summed E-state index contributed by atoms with van der Waals surface area (Å²) in [4.78, 5) is 0. The van der Waals surface area contributed by atoms with Gasteiger partial charge in [-0.15, -0.1) is 0 Å². The van der Waals surface area contributed by atoms with E-state index in [1.165, 1.54) is 43.2 Å². The molecule has 0 unspecified atom stereocenters. The van der Waals surface area contributed by atoms with E-state index < -0.39 is 0 Å². The predicted octanol–water partition coefficient (Wildman–Crippen LogP) is 7.20. The molecule has 0 bridgehead atoms. The minimum atomic E-state index is 1.26. The third-order valence-electron chi connectivity index (χ3n) is 2.81. The molecule has 0 atom stereocenters. The van der Waals surface area contributed by atoms with Gasteiger partial charge in [0.1, 0.15) is 0 Å². The lowest BCUT2D eigenvalue weighted by atomic mass is 10.1. The number of allylic oxidation sites excluding steroid dienone is 2. The molecule has 20 heavy (non-hydrogen) atoms. The number of hydrogen-bond donors (Lipinski definition) is 0. The van der Waals surface area contributed by atoms with Crippen LogP contribution < -0.4 is 0 Å². The normalized spacial score (nSPS) is 9.25. The van der Waals surface area contributed by atoms with Gasteiger partial charge in [0.25, 0.3) is 0 Å². The van der Waals surface area contributed by atoms with Crippen LogP contribution in [-0.4, -0.2) is 0 Å². The van der Waals surface area contributed by atoms with Gasteiger partial charge < -0.3 is 0 Å². The average Bonchev–Trinajstić information content (AvgIpc) is 2.50. The summed E-state index contributed by atoms with van der Waals surface area (Å²) in [7, 11) is 0. The van der Waals surface area contributed by atoms with Crippen molar-refractivity contribution in [3.63, 3.8) is 0 Å². The molecule has 0 saturated heterocycles. The molecule has 0 nitrogen and oxygen atoms in total. The minimum absolute atomic E-state index is 1.26. The molecule has 1 aromatic carbocycles. The summed E-state index contributed by atoms with van der Waals surface area (Å²) in [5.74, 6) is 0. The molecule has 0 N–H and O–H groups in total. The number of benzene rings is 1. The Labute approximate surface area is 127 Å². The zero-order valence-electron chi connectivity index (χ0n) is 14.3. The molecule has 0 aliphatic carbocycles. The number of rotatable bonds is 6. The van der Waals surface area contributed by atoms with Crippen molar-refractivity contribution in [1.29, 1.82) is 0 Å². The Balaban J connectivity index is 0. The van der Waals surface area contributed by atoms with Gasteiger partial charge in [-0.1, -0.05) is 109 Å². The van der Waals surface area contributed by atoms with E-state index in [0.717, 1.165) is 0 Å². The highest BCUT2D eigenvalue weighted by molar-refractivity contribution is 5.54. The Bertz CT molecular complexity index is 330. The van der Waals surface area contributed by atoms with E-state index in [9.17, 15) is 0 Å². The first-order chi connectivity index (χ1) is 9.76. The zero-order valence-corrected chi connectivity index (χ0v) is 14.3. The van der Waals surface area contributed by atoms with Crippen LogP contribution >= 0.6 is 0 Å². The molecule has 0 aliphatic heterocycles. The molecule has 0 aliphatic rings. The maximum atomic E-state index is 3.62. The van der Waals surface area contributed by atoms with Crippen molar-refractivity contribution < 1.29 is 0 Å². The van der Waals surface area contributed by atoms with Crippen molar-refractivity contribution in [3.8, 4) is 0 Å². The van der Waals surface area contributed by atoms with Crippen LogP contribution in [0.25, 0.3) is 6.08 Å². The molecule has 0 aromatic heterocycles. The first kappa shape index (κ1) is 21.0. The monoisotopic (exact) mass is 274 g/mol. The highest BCUT2D eigenvalue weighted by Crippen LogP contribution is 2.08. The van der Waals surface area contributed by atoms with E-state index in [1.807, 2.05) is 32.1 Å². The highest BCUT2D eigenvalue weighted by Gasteiger charge is 1.88. The van der Waals surface area contributed by atoms with Crippen molar-refractivity contribution in [2.75, 3.05) is 0 Å². The second-order valence-corrected chi connectivity index (χ2v) is 4.51. The van der Waals surface area contributed by atoms with E-state index in [2.05, 4.69) is 45.6 Å². The Morgan fingerprint density at radius 1 is 0.950 bits per heavy atom. The molecular formula is C20H34. The van der Waals surface area contributed by atoms with Crippen LogP contribution in [-0.2, 0) is 0 Å². The maximum absolute atomic E-state index is 3.62. The second kappa shape index (κ2) is 17.7. The van der Waals surface area contributed by atoms with Gasteiger partial charge in [-0.2, -0.15) is 0 Å². The lowest BCUT2D eigenvalue weighted by Crippen LogP contribution is -1.76. The molecule has 0 fully saturated rings. The lowest BCUT2D eigenvalue weighted by molar-refractivity contribution is 0.656. The van der Waals surface area contributed by atoms with Gasteiger partial charge in [-0.25, -0.2) is 0 Å². The molecule has 0 heterocycles. The third-order valence-corrected chi connectivity index (χ3v) is 2.81. The average molecular weight is 274 g/mol. The quantitative estimate of drug-likeness (QED) is 0.380. The summed E-state index contributed by atoms with van der Waals surface area (Å²) < 4.78 is 0. The van der Waals surface area contributed by atoms with E-state index in [0.29, 0.717) is 0 Å². The molecule has 0 heteroatoms. The van der Waals surface area contributed by atoms with Gasteiger partial charge in [0.15, 0.2) is 0 Å². The molecule has 1 rings (SSSR count). The Morgan fingerprint density at radius 2 is 1.50 bits per heavy atom. The minimum Gasteiger partial charge on any atom is -0.0991 e. The first-order valence-corrected chi connectivity index (χ1v) is 8.11. The fourth-order valence-corrected chi connectivity index (χ4v) is 1.62. The van der Waals surface area contributed by atoms with Crippen LogP contribution in [0.15, 0.2) is 43.0 Å². The summed E-state index contributed by atoms with van der Waals surface area (Å²) in [5, 5.41) is 0. The Kier molecular flexibility index (Phi) is 18.6. The predicted molar refractivity (Wildman–Crippen MR) is 96.2 cm³/mol. The summed E-state index contributed by atoms with van der Waals surface area (Å²) in [6.45, 7) is 14.2. The fraction of sp³-hybridized carbons (Fsp3) is 0.500.